The third-order valence-electron chi connectivity index (χ3n) is 2.54. The number of epoxide rings is 1. The van der Waals surface area contributed by atoms with Crippen molar-refractivity contribution in [3.05, 3.63) is 32.7 Å². The van der Waals surface area contributed by atoms with Crippen LogP contribution in [0.5, 0.6) is 0 Å². The molecule has 2 heterocycles. The van der Waals surface area contributed by atoms with Crippen molar-refractivity contribution in [2.45, 2.75) is 18.3 Å². The van der Waals surface area contributed by atoms with E-state index in [9.17, 15) is 0 Å². The van der Waals surface area contributed by atoms with Gasteiger partial charge in [0, 0.05) is 8.95 Å². The summed E-state index contributed by atoms with van der Waals surface area (Å²) in [6.07, 6.45) is 0.249. The zero-order chi connectivity index (χ0) is 10.4. The lowest BCUT2D eigenvalue weighted by atomic mass is 10.0. The topological polar surface area (TPSA) is 31.0 Å². The summed E-state index contributed by atoms with van der Waals surface area (Å²) in [7, 11) is 0. The van der Waals surface area contributed by atoms with Gasteiger partial charge in [0.15, 0.2) is 0 Å². The Labute approximate surface area is 104 Å². The predicted molar refractivity (Wildman–Crippen MR) is 60.3 cm³/mol. The van der Waals surface area contributed by atoms with Crippen LogP contribution >= 0.6 is 31.9 Å². The van der Waals surface area contributed by atoms with E-state index in [0.29, 0.717) is 6.61 Å². The van der Waals surface area contributed by atoms with Crippen molar-refractivity contribution in [2.75, 3.05) is 6.61 Å². The van der Waals surface area contributed by atoms with Gasteiger partial charge in [0.2, 0.25) is 0 Å². The standard InChI is InChI=1S/C10H8Br2O3/c11-6-1-5(2-7(12)3-6)9-10-8(14-10)4-13-15-9/h1-3,8-10H,4H2/t8-,9+,10-/m0/s1. The Hall–Kier alpha value is 0.0600. The molecule has 0 aliphatic carbocycles. The molecule has 0 radical (unpaired) electrons. The molecule has 0 unspecified atom stereocenters. The molecule has 3 atom stereocenters. The number of hydrogen-bond acceptors (Lipinski definition) is 3. The largest absolute Gasteiger partial charge is 0.364 e. The summed E-state index contributed by atoms with van der Waals surface area (Å²) in [5.74, 6) is 0. The molecule has 0 spiro atoms. The highest BCUT2D eigenvalue weighted by molar-refractivity contribution is 9.11. The number of halogens is 2. The van der Waals surface area contributed by atoms with Crippen LogP contribution < -0.4 is 0 Å². The summed E-state index contributed by atoms with van der Waals surface area (Å²) in [6.45, 7) is 0.538. The van der Waals surface area contributed by atoms with E-state index in [0.717, 1.165) is 14.5 Å². The van der Waals surface area contributed by atoms with Gasteiger partial charge in [-0.1, -0.05) is 31.9 Å². The van der Waals surface area contributed by atoms with E-state index < -0.39 is 0 Å². The van der Waals surface area contributed by atoms with E-state index in [1.165, 1.54) is 0 Å². The molecular weight excluding hydrogens is 328 g/mol. The highest BCUT2D eigenvalue weighted by Gasteiger charge is 2.50. The van der Waals surface area contributed by atoms with Gasteiger partial charge in [0.25, 0.3) is 0 Å². The molecule has 3 nitrogen and oxygen atoms in total. The molecule has 0 aromatic heterocycles. The summed E-state index contributed by atoms with van der Waals surface area (Å²) in [6, 6.07) is 6.02. The first-order chi connectivity index (χ1) is 7.24. The first-order valence-corrected chi connectivity index (χ1v) is 6.22. The average molecular weight is 336 g/mol. The Kier molecular flexibility index (Phi) is 2.60. The van der Waals surface area contributed by atoms with Gasteiger partial charge in [-0.05, 0) is 23.8 Å². The maximum Gasteiger partial charge on any atom is 0.147 e. The lowest BCUT2D eigenvalue weighted by Gasteiger charge is -2.18. The Bertz CT molecular complexity index is 376. The fourth-order valence-electron chi connectivity index (χ4n) is 1.78. The first kappa shape index (κ1) is 10.2. The van der Waals surface area contributed by atoms with Gasteiger partial charge in [0.05, 0.1) is 0 Å². The summed E-state index contributed by atoms with van der Waals surface area (Å²) in [5, 5.41) is 0. The Balaban J connectivity index is 1.91. The Morgan fingerprint density at radius 3 is 2.60 bits per heavy atom. The Morgan fingerprint density at radius 1 is 1.13 bits per heavy atom. The highest BCUT2D eigenvalue weighted by Crippen LogP contribution is 2.41. The highest BCUT2D eigenvalue weighted by atomic mass is 79.9. The van der Waals surface area contributed by atoms with Gasteiger partial charge in [0.1, 0.15) is 24.9 Å². The molecule has 5 heteroatoms. The zero-order valence-electron chi connectivity index (χ0n) is 7.65. The van der Waals surface area contributed by atoms with Crippen molar-refractivity contribution >= 4 is 31.9 Å². The number of fused-ring (bicyclic) bond motifs is 1. The lowest BCUT2D eigenvalue weighted by molar-refractivity contribution is -0.339. The molecule has 15 heavy (non-hydrogen) atoms. The number of ether oxygens (including phenoxy) is 1. The van der Waals surface area contributed by atoms with Crippen LogP contribution in [0, 0.1) is 0 Å². The van der Waals surface area contributed by atoms with E-state index in [2.05, 4.69) is 31.9 Å². The molecule has 0 N–H and O–H groups in total. The average Bonchev–Trinajstić information content (AvgIpc) is 2.93. The van der Waals surface area contributed by atoms with Crippen LogP contribution in [0.2, 0.25) is 0 Å². The van der Waals surface area contributed by atoms with E-state index in [4.69, 9.17) is 14.5 Å². The van der Waals surface area contributed by atoms with Crippen LogP contribution in [0.25, 0.3) is 0 Å². The second kappa shape index (κ2) is 3.82. The molecule has 2 fully saturated rings. The van der Waals surface area contributed by atoms with Gasteiger partial charge in [-0.15, -0.1) is 0 Å². The Morgan fingerprint density at radius 2 is 1.87 bits per heavy atom. The van der Waals surface area contributed by atoms with Gasteiger partial charge in [-0.25, -0.2) is 9.78 Å². The van der Waals surface area contributed by atoms with Crippen molar-refractivity contribution in [1.82, 2.24) is 0 Å². The van der Waals surface area contributed by atoms with Crippen molar-refractivity contribution in [1.29, 1.82) is 0 Å². The van der Waals surface area contributed by atoms with Crippen molar-refractivity contribution in [3.63, 3.8) is 0 Å². The van der Waals surface area contributed by atoms with Crippen LogP contribution in [-0.2, 0) is 14.5 Å². The minimum Gasteiger partial charge on any atom is -0.364 e. The molecule has 3 rings (SSSR count). The molecule has 1 aromatic carbocycles. The summed E-state index contributed by atoms with van der Waals surface area (Å²) < 4.78 is 7.47. The molecule has 1 aromatic rings. The monoisotopic (exact) mass is 334 g/mol. The third-order valence-corrected chi connectivity index (χ3v) is 3.45. The number of hydrogen-bond donors (Lipinski definition) is 0. The smallest absolute Gasteiger partial charge is 0.147 e. The van der Waals surface area contributed by atoms with Gasteiger partial charge in [-0.3, -0.25) is 0 Å². The van der Waals surface area contributed by atoms with Crippen molar-refractivity contribution < 1.29 is 14.5 Å². The first-order valence-electron chi connectivity index (χ1n) is 4.64. The fraction of sp³-hybridized carbons (Fsp3) is 0.400. The van der Waals surface area contributed by atoms with Gasteiger partial charge < -0.3 is 4.74 Å². The predicted octanol–water partition coefficient (Wildman–Crippen LogP) is 2.98. The normalized spacial score (nSPS) is 33.6. The van der Waals surface area contributed by atoms with Gasteiger partial charge >= 0.3 is 0 Å². The van der Waals surface area contributed by atoms with Crippen molar-refractivity contribution in [3.8, 4) is 0 Å². The molecule has 0 bridgehead atoms. The molecule has 0 saturated carbocycles. The van der Waals surface area contributed by atoms with Crippen LogP contribution in [0.1, 0.15) is 11.7 Å². The molecule has 2 aliphatic heterocycles. The van der Waals surface area contributed by atoms with E-state index in [1.807, 2.05) is 18.2 Å². The summed E-state index contributed by atoms with van der Waals surface area (Å²) in [5.41, 5.74) is 1.06. The van der Waals surface area contributed by atoms with Crippen LogP contribution in [0.3, 0.4) is 0 Å². The summed E-state index contributed by atoms with van der Waals surface area (Å²) in [4.78, 5) is 10.3. The molecular formula is C10H8Br2O3. The van der Waals surface area contributed by atoms with E-state index >= 15 is 0 Å². The van der Waals surface area contributed by atoms with Crippen molar-refractivity contribution in [2.24, 2.45) is 0 Å². The molecule has 0 amide bonds. The SMILES string of the molecule is Brc1cc(Br)cc([C@H]2OOC[C@@H]3O[C@@H]32)c1. The third kappa shape index (κ3) is 1.99. The second-order valence-electron chi connectivity index (χ2n) is 3.64. The second-order valence-corrected chi connectivity index (χ2v) is 5.47. The minimum absolute atomic E-state index is 0.113. The van der Waals surface area contributed by atoms with E-state index in [1.54, 1.807) is 0 Å². The van der Waals surface area contributed by atoms with E-state index in [-0.39, 0.29) is 18.3 Å². The minimum atomic E-state index is -0.113. The fourth-order valence-corrected chi connectivity index (χ4v) is 3.11. The van der Waals surface area contributed by atoms with Crippen LogP contribution in [0.4, 0.5) is 0 Å². The quantitative estimate of drug-likeness (QED) is 0.584. The summed E-state index contributed by atoms with van der Waals surface area (Å²) >= 11 is 6.89. The molecule has 2 saturated heterocycles. The maximum atomic E-state index is 5.44. The van der Waals surface area contributed by atoms with Gasteiger partial charge in [-0.2, -0.15) is 0 Å². The molecule has 80 valence electrons. The lowest BCUT2D eigenvalue weighted by Crippen LogP contribution is -2.22. The number of rotatable bonds is 1. The van der Waals surface area contributed by atoms with Crippen LogP contribution in [-0.4, -0.2) is 18.8 Å². The van der Waals surface area contributed by atoms with Crippen LogP contribution in [0.15, 0.2) is 27.1 Å². The number of benzene rings is 1. The maximum absolute atomic E-state index is 5.44. The zero-order valence-corrected chi connectivity index (χ0v) is 10.8. The molecule has 2 aliphatic rings.